The SMILES string of the molecule is Fc1cc(F)c(N2CCN3CCCC3C2)c(F)c1. The van der Waals surface area contributed by atoms with E-state index in [9.17, 15) is 13.2 Å². The van der Waals surface area contributed by atoms with Crippen LogP contribution in [0.15, 0.2) is 12.1 Å². The fraction of sp³-hybridized carbons (Fsp3) is 0.538. The van der Waals surface area contributed by atoms with Crippen molar-refractivity contribution in [3.8, 4) is 0 Å². The highest BCUT2D eigenvalue weighted by atomic mass is 19.1. The van der Waals surface area contributed by atoms with Crippen molar-refractivity contribution in [2.75, 3.05) is 31.1 Å². The molecule has 0 saturated carbocycles. The normalized spacial score (nSPS) is 24.4. The number of benzene rings is 1. The summed E-state index contributed by atoms with van der Waals surface area (Å²) in [6.07, 6.45) is 2.22. The van der Waals surface area contributed by atoms with Gasteiger partial charge in [-0.2, -0.15) is 0 Å². The average Bonchev–Trinajstić information content (AvgIpc) is 2.74. The monoisotopic (exact) mass is 256 g/mol. The number of fused-ring (bicyclic) bond motifs is 1. The quantitative estimate of drug-likeness (QED) is 0.761. The third-order valence-corrected chi connectivity index (χ3v) is 3.89. The third kappa shape index (κ3) is 1.96. The number of hydrogen-bond acceptors (Lipinski definition) is 2. The molecule has 0 N–H and O–H groups in total. The fourth-order valence-electron chi connectivity index (χ4n) is 3.03. The molecule has 2 heterocycles. The molecule has 2 aliphatic rings. The Bertz CT molecular complexity index is 441. The van der Waals surface area contributed by atoms with Gasteiger partial charge in [0.05, 0.1) is 0 Å². The summed E-state index contributed by atoms with van der Waals surface area (Å²) in [6.45, 7) is 3.11. The number of halogens is 3. The number of rotatable bonds is 1. The summed E-state index contributed by atoms with van der Waals surface area (Å²) in [5.74, 6) is -2.48. The smallest absolute Gasteiger partial charge is 0.152 e. The van der Waals surface area contributed by atoms with Crippen molar-refractivity contribution in [1.29, 1.82) is 0 Å². The second-order valence-electron chi connectivity index (χ2n) is 5.00. The number of nitrogens with zero attached hydrogens (tertiary/aromatic N) is 2. The summed E-state index contributed by atoms with van der Waals surface area (Å²) in [7, 11) is 0. The van der Waals surface area contributed by atoms with Gasteiger partial charge in [-0.25, -0.2) is 13.2 Å². The molecule has 3 rings (SSSR count). The third-order valence-electron chi connectivity index (χ3n) is 3.89. The van der Waals surface area contributed by atoms with Crippen molar-refractivity contribution in [3.05, 3.63) is 29.6 Å². The molecule has 1 atom stereocenters. The van der Waals surface area contributed by atoms with Gasteiger partial charge in [-0.05, 0) is 19.4 Å². The van der Waals surface area contributed by atoms with Crippen molar-refractivity contribution in [2.45, 2.75) is 18.9 Å². The average molecular weight is 256 g/mol. The van der Waals surface area contributed by atoms with Crippen LogP contribution < -0.4 is 4.90 Å². The lowest BCUT2D eigenvalue weighted by atomic mass is 10.1. The largest absolute Gasteiger partial charge is 0.364 e. The van der Waals surface area contributed by atoms with Crippen LogP contribution in [0.1, 0.15) is 12.8 Å². The maximum Gasteiger partial charge on any atom is 0.152 e. The summed E-state index contributed by atoms with van der Waals surface area (Å²) in [4.78, 5) is 4.06. The number of anilines is 1. The Labute approximate surface area is 104 Å². The molecule has 5 heteroatoms. The molecule has 1 unspecified atom stereocenters. The first kappa shape index (κ1) is 11.8. The van der Waals surface area contributed by atoms with Crippen LogP contribution in [0.2, 0.25) is 0 Å². The maximum absolute atomic E-state index is 13.7. The van der Waals surface area contributed by atoms with Crippen LogP contribution in [0.4, 0.5) is 18.9 Å². The van der Waals surface area contributed by atoms with Crippen molar-refractivity contribution >= 4 is 5.69 Å². The van der Waals surface area contributed by atoms with Crippen LogP contribution in [-0.2, 0) is 0 Å². The molecule has 1 aromatic rings. The lowest BCUT2D eigenvalue weighted by molar-refractivity contribution is 0.229. The van der Waals surface area contributed by atoms with E-state index in [1.807, 2.05) is 0 Å². The first-order valence-corrected chi connectivity index (χ1v) is 6.28. The van der Waals surface area contributed by atoms with Gasteiger partial charge in [-0.15, -0.1) is 0 Å². The van der Waals surface area contributed by atoms with Crippen LogP contribution in [0.5, 0.6) is 0 Å². The van der Waals surface area contributed by atoms with Gasteiger partial charge in [0.2, 0.25) is 0 Å². The maximum atomic E-state index is 13.7. The Hall–Kier alpha value is -1.23. The first-order valence-electron chi connectivity index (χ1n) is 6.28. The van der Waals surface area contributed by atoms with Crippen LogP contribution in [0, 0.1) is 17.5 Å². The second kappa shape index (κ2) is 4.46. The van der Waals surface area contributed by atoms with E-state index in [1.54, 1.807) is 4.90 Å². The van der Waals surface area contributed by atoms with E-state index in [0.29, 0.717) is 19.1 Å². The highest BCUT2D eigenvalue weighted by Gasteiger charge is 2.32. The van der Waals surface area contributed by atoms with E-state index < -0.39 is 17.5 Å². The zero-order chi connectivity index (χ0) is 12.7. The van der Waals surface area contributed by atoms with E-state index in [-0.39, 0.29) is 5.69 Å². The van der Waals surface area contributed by atoms with E-state index in [4.69, 9.17) is 0 Å². The Morgan fingerprint density at radius 1 is 1.00 bits per heavy atom. The summed E-state index contributed by atoms with van der Waals surface area (Å²) in [5.41, 5.74) is -0.0806. The van der Waals surface area contributed by atoms with Gasteiger partial charge >= 0.3 is 0 Å². The van der Waals surface area contributed by atoms with Crippen molar-refractivity contribution in [2.24, 2.45) is 0 Å². The molecule has 0 aromatic heterocycles. The molecule has 0 bridgehead atoms. The first-order chi connectivity index (χ1) is 8.65. The highest BCUT2D eigenvalue weighted by molar-refractivity contribution is 5.50. The Kier molecular flexibility index (Phi) is 2.93. The number of piperazine rings is 1. The van der Waals surface area contributed by atoms with Crippen LogP contribution in [0.3, 0.4) is 0 Å². The Morgan fingerprint density at radius 2 is 1.72 bits per heavy atom. The van der Waals surface area contributed by atoms with Crippen molar-refractivity contribution in [3.63, 3.8) is 0 Å². The molecule has 98 valence electrons. The Morgan fingerprint density at radius 3 is 2.44 bits per heavy atom. The van der Waals surface area contributed by atoms with Gasteiger partial charge in [0.1, 0.15) is 11.5 Å². The lowest BCUT2D eigenvalue weighted by Crippen LogP contribution is -2.50. The van der Waals surface area contributed by atoms with Gasteiger partial charge in [0.25, 0.3) is 0 Å². The fourth-order valence-corrected chi connectivity index (χ4v) is 3.03. The standard InChI is InChI=1S/C13H15F3N2/c14-9-6-11(15)13(12(16)7-9)18-5-4-17-3-1-2-10(17)8-18/h6-7,10H,1-5,8H2. The lowest BCUT2D eigenvalue weighted by Gasteiger charge is -2.38. The molecular formula is C13H15F3N2. The van der Waals surface area contributed by atoms with E-state index in [1.165, 1.54) is 0 Å². The summed E-state index contributed by atoms with van der Waals surface area (Å²) < 4.78 is 40.3. The van der Waals surface area contributed by atoms with E-state index in [0.717, 1.165) is 38.1 Å². The van der Waals surface area contributed by atoms with Gasteiger partial charge in [0, 0.05) is 37.8 Å². The second-order valence-corrected chi connectivity index (χ2v) is 5.00. The predicted octanol–water partition coefficient (Wildman–Crippen LogP) is 2.39. The van der Waals surface area contributed by atoms with Gasteiger partial charge in [-0.1, -0.05) is 0 Å². The minimum Gasteiger partial charge on any atom is -0.364 e. The minimum absolute atomic E-state index is 0.0806. The molecule has 0 aliphatic carbocycles. The molecule has 0 radical (unpaired) electrons. The highest BCUT2D eigenvalue weighted by Crippen LogP contribution is 2.29. The van der Waals surface area contributed by atoms with Crippen molar-refractivity contribution in [1.82, 2.24) is 4.90 Å². The van der Waals surface area contributed by atoms with Crippen molar-refractivity contribution < 1.29 is 13.2 Å². The van der Waals surface area contributed by atoms with E-state index in [2.05, 4.69) is 4.90 Å². The van der Waals surface area contributed by atoms with Gasteiger partial charge in [0.15, 0.2) is 11.6 Å². The molecule has 18 heavy (non-hydrogen) atoms. The molecule has 1 aromatic carbocycles. The molecule has 0 spiro atoms. The molecule has 2 aliphatic heterocycles. The molecule has 2 saturated heterocycles. The minimum atomic E-state index is -0.867. The zero-order valence-electron chi connectivity index (χ0n) is 10.0. The molecule has 0 amide bonds. The summed E-state index contributed by atoms with van der Waals surface area (Å²) in [5, 5.41) is 0. The Balaban J connectivity index is 1.87. The summed E-state index contributed by atoms with van der Waals surface area (Å²) >= 11 is 0. The van der Waals surface area contributed by atoms with Crippen LogP contribution >= 0.6 is 0 Å². The topological polar surface area (TPSA) is 6.48 Å². The van der Waals surface area contributed by atoms with Gasteiger partial charge in [-0.3, -0.25) is 4.90 Å². The molecular weight excluding hydrogens is 241 g/mol. The summed E-state index contributed by atoms with van der Waals surface area (Å²) in [6, 6.07) is 1.88. The molecule has 2 fully saturated rings. The van der Waals surface area contributed by atoms with Crippen LogP contribution in [-0.4, -0.2) is 37.1 Å². The van der Waals surface area contributed by atoms with Gasteiger partial charge < -0.3 is 4.90 Å². The predicted molar refractivity (Wildman–Crippen MR) is 63.1 cm³/mol. The van der Waals surface area contributed by atoms with Crippen LogP contribution in [0.25, 0.3) is 0 Å². The zero-order valence-corrected chi connectivity index (χ0v) is 10.0. The van der Waals surface area contributed by atoms with E-state index >= 15 is 0 Å². The number of hydrogen-bond donors (Lipinski definition) is 0. The molecule has 2 nitrogen and oxygen atoms in total.